The summed E-state index contributed by atoms with van der Waals surface area (Å²) in [6, 6.07) is 0. The SMILES string of the molecule is NCCCNC(=O)CCCCC(N)N. The van der Waals surface area contributed by atoms with Crippen molar-refractivity contribution in [2.24, 2.45) is 17.2 Å². The quantitative estimate of drug-likeness (QED) is 0.307. The molecule has 7 N–H and O–H groups in total. The predicted octanol–water partition coefficient (Wildman–Crippen LogP) is -0.745. The molecule has 0 bridgehead atoms. The first-order valence-electron chi connectivity index (χ1n) is 5.14. The largest absolute Gasteiger partial charge is 0.356 e. The van der Waals surface area contributed by atoms with E-state index in [1.807, 2.05) is 0 Å². The number of carbonyl (C=O) groups excluding carboxylic acids is 1. The number of unbranched alkanes of at least 4 members (excludes halogenated alkanes) is 1. The Morgan fingerprint density at radius 1 is 1.21 bits per heavy atom. The van der Waals surface area contributed by atoms with Crippen LogP contribution < -0.4 is 22.5 Å². The van der Waals surface area contributed by atoms with Gasteiger partial charge in [-0.2, -0.15) is 0 Å². The van der Waals surface area contributed by atoms with Crippen LogP contribution in [0.3, 0.4) is 0 Å². The Balaban J connectivity index is 3.18. The van der Waals surface area contributed by atoms with Crippen molar-refractivity contribution in [3.63, 3.8) is 0 Å². The molecule has 0 aromatic carbocycles. The van der Waals surface area contributed by atoms with E-state index in [4.69, 9.17) is 17.2 Å². The fourth-order valence-corrected chi connectivity index (χ4v) is 1.08. The predicted molar refractivity (Wildman–Crippen MR) is 57.3 cm³/mol. The van der Waals surface area contributed by atoms with Crippen molar-refractivity contribution in [1.82, 2.24) is 5.32 Å². The number of nitrogens with one attached hydrogen (secondary N) is 1. The number of hydrogen-bond acceptors (Lipinski definition) is 4. The fourth-order valence-electron chi connectivity index (χ4n) is 1.08. The number of amides is 1. The van der Waals surface area contributed by atoms with Gasteiger partial charge in [-0.05, 0) is 25.8 Å². The number of rotatable bonds is 8. The van der Waals surface area contributed by atoms with E-state index in [-0.39, 0.29) is 12.1 Å². The lowest BCUT2D eigenvalue weighted by Gasteiger charge is -2.05. The topological polar surface area (TPSA) is 107 Å². The molecule has 1 amide bonds. The third-order valence-electron chi connectivity index (χ3n) is 1.89. The van der Waals surface area contributed by atoms with Gasteiger partial charge in [-0.25, -0.2) is 0 Å². The molecule has 0 spiro atoms. The van der Waals surface area contributed by atoms with Gasteiger partial charge in [0.25, 0.3) is 0 Å². The van der Waals surface area contributed by atoms with Crippen LogP contribution in [0.1, 0.15) is 32.1 Å². The van der Waals surface area contributed by atoms with Crippen molar-refractivity contribution in [2.75, 3.05) is 13.1 Å². The zero-order valence-corrected chi connectivity index (χ0v) is 8.67. The van der Waals surface area contributed by atoms with Crippen molar-refractivity contribution in [2.45, 2.75) is 38.3 Å². The molecule has 14 heavy (non-hydrogen) atoms. The highest BCUT2D eigenvalue weighted by Gasteiger charge is 2.00. The Kier molecular flexibility index (Phi) is 8.51. The molecule has 5 nitrogen and oxygen atoms in total. The van der Waals surface area contributed by atoms with Gasteiger partial charge in [0, 0.05) is 13.0 Å². The average Bonchev–Trinajstić information content (AvgIpc) is 2.13. The molecule has 84 valence electrons. The van der Waals surface area contributed by atoms with E-state index in [9.17, 15) is 4.79 Å². The number of nitrogens with two attached hydrogens (primary N) is 3. The highest BCUT2D eigenvalue weighted by molar-refractivity contribution is 5.75. The van der Waals surface area contributed by atoms with Crippen LogP contribution >= 0.6 is 0 Å². The second-order valence-electron chi connectivity index (χ2n) is 3.40. The maximum absolute atomic E-state index is 11.1. The third kappa shape index (κ3) is 9.44. The number of hydrogen-bond donors (Lipinski definition) is 4. The van der Waals surface area contributed by atoms with Crippen LogP contribution in [0.2, 0.25) is 0 Å². The van der Waals surface area contributed by atoms with Crippen LogP contribution in [-0.2, 0) is 4.79 Å². The molecule has 0 saturated carbocycles. The third-order valence-corrected chi connectivity index (χ3v) is 1.89. The minimum absolute atomic E-state index is 0.0871. The molecule has 0 fully saturated rings. The molecule has 0 aliphatic heterocycles. The van der Waals surface area contributed by atoms with E-state index in [0.29, 0.717) is 19.5 Å². The van der Waals surface area contributed by atoms with Gasteiger partial charge in [0.15, 0.2) is 0 Å². The van der Waals surface area contributed by atoms with E-state index < -0.39 is 0 Å². The van der Waals surface area contributed by atoms with Gasteiger partial charge in [-0.1, -0.05) is 6.42 Å². The minimum atomic E-state index is -0.254. The van der Waals surface area contributed by atoms with Gasteiger partial charge >= 0.3 is 0 Å². The lowest BCUT2D eigenvalue weighted by Crippen LogP contribution is -2.30. The van der Waals surface area contributed by atoms with E-state index >= 15 is 0 Å². The first-order valence-corrected chi connectivity index (χ1v) is 5.14. The minimum Gasteiger partial charge on any atom is -0.356 e. The van der Waals surface area contributed by atoms with Gasteiger partial charge in [0.1, 0.15) is 0 Å². The maximum Gasteiger partial charge on any atom is 0.219 e. The van der Waals surface area contributed by atoms with Crippen LogP contribution in [0.15, 0.2) is 0 Å². The van der Waals surface area contributed by atoms with Crippen LogP contribution in [-0.4, -0.2) is 25.2 Å². The fraction of sp³-hybridized carbons (Fsp3) is 0.889. The molecule has 5 heteroatoms. The first kappa shape index (κ1) is 13.4. The van der Waals surface area contributed by atoms with Gasteiger partial charge in [0.2, 0.25) is 5.91 Å². The lowest BCUT2D eigenvalue weighted by atomic mass is 10.1. The Morgan fingerprint density at radius 3 is 2.50 bits per heavy atom. The second-order valence-corrected chi connectivity index (χ2v) is 3.40. The Labute approximate surface area is 85.4 Å². The van der Waals surface area contributed by atoms with Crippen LogP contribution in [0.5, 0.6) is 0 Å². The monoisotopic (exact) mass is 202 g/mol. The summed E-state index contributed by atoms with van der Waals surface area (Å²) in [7, 11) is 0. The molecule has 0 aliphatic carbocycles. The highest BCUT2D eigenvalue weighted by atomic mass is 16.1. The summed E-state index contributed by atoms with van der Waals surface area (Å²) in [5.74, 6) is 0.0871. The Hall–Kier alpha value is -0.650. The molecule has 0 rings (SSSR count). The molecular formula is C9H22N4O. The van der Waals surface area contributed by atoms with E-state index in [0.717, 1.165) is 25.7 Å². The maximum atomic E-state index is 11.1. The van der Waals surface area contributed by atoms with E-state index in [1.165, 1.54) is 0 Å². The van der Waals surface area contributed by atoms with E-state index in [1.54, 1.807) is 0 Å². The summed E-state index contributed by atoms with van der Waals surface area (Å²) in [5.41, 5.74) is 16.0. The van der Waals surface area contributed by atoms with Crippen molar-refractivity contribution in [3.05, 3.63) is 0 Å². The lowest BCUT2D eigenvalue weighted by molar-refractivity contribution is -0.121. The smallest absolute Gasteiger partial charge is 0.219 e. The summed E-state index contributed by atoms with van der Waals surface area (Å²) in [5, 5.41) is 2.79. The number of carbonyl (C=O) groups is 1. The van der Waals surface area contributed by atoms with Gasteiger partial charge in [-0.3, -0.25) is 4.79 Å². The first-order chi connectivity index (χ1) is 6.66. The van der Waals surface area contributed by atoms with Gasteiger partial charge in [0.05, 0.1) is 6.17 Å². The summed E-state index contributed by atoms with van der Waals surface area (Å²) >= 11 is 0. The van der Waals surface area contributed by atoms with Crippen molar-refractivity contribution < 1.29 is 4.79 Å². The van der Waals surface area contributed by atoms with Gasteiger partial charge < -0.3 is 22.5 Å². The zero-order chi connectivity index (χ0) is 10.8. The summed E-state index contributed by atoms with van der Waals surface area (Å²) < 4.78 is 0. The van der Waals surface area contributed by atoms with E-state index in [2.05, 4.69) is 5.32 Å². The average molecular weight is 202 g/mol. The molecule has 0 saturated heterocycles. The summed E-state index contributed by atoms with van der Waals surface area (Å²) in [6.45, 7) is 1.29. The Bertz CT molecular complexity index is 150. The van der Waals surface area contributed by atoms with Crippen LogP contribution in [0.4, 0.5) is 0 Å². The molecule has 0 atom stereocenters. The molecule has 0 unspecified atom stereocenters. The molecule has 0 heterocycles. The van der Waals surface area contributed by atoms with Crippen LogP contribution in [0, 0.1) is 0 Å². The molecule has 0 aliphatic rings. The molecular weight excluding hydrogens is 180 g/mol. The highest BCUT2D eigenvalue weighted by Crippen LogP contribution is 1.99. The molecule has 0 aromatic heterocycles. The Morgan fingerprint density at radius 2 is 1.93 bits per heavy atom. The van der Waals surface area contributed by atoms with Crippen molar-refractivity contribution in [3.8, 4) is 0 Å². The van der Waals surface area contributed by atoms with Crippen LogP contribution in [0.25, 0.3) is 0 Å². The molecule has 0 aromatic rings. The van der Waals surface area contributed by atoms with Crippen molar-refractivity contribution in [1.29, 1.82) is 0 Å². The van der Waals surface area contributed by atoms with Gasteiger partial charge in [-0.15, -0.1) is 0 Å². The zero-order valence-electron chi connectivity index (χ0n) is 8.67. The summed E-state index contributed by atoms with van der Waals surface area (Å²) in [4.78, 5) is 11.1. The normalized spacial score (nSPS) is 10.6. The van der Waals surface area contributed by atoms with Crippen molar-refractivity contribution >= 4 is 5.91 Å². The molecule has 0 radical (unpaired) electrons. The second kappa shape index (κ2) is 8.93. The summed E-state index contributed by atoms with van der Waals surface area (Å²) in [6.07, 6.45) is 3.66. The standard InChI is InChI=1S/C9H22N4O/c10-6-3-7-13-9(14)5-2-1-4-8(11)12/h8H,1-7,10-12H2,(H,13,14).